The second-order valence-corrected chi connectivity index (χ2v) is 6.39. The van der Waals surface area contributed by atoms with Crippen LogP contribution in [0.2, 0.25) is 0 Å². The number of nitrogens with two attached hydrogens (primary N) is 1. The monoisotopic (exact) mass is 335 g/mol. The first-order chi connectivity index (χ1) is 12.1. The molecule has 5 rings (SSSR count). The van der Waals surface area contributed by atoms with Crippen LogP contribution in [0.4, 0.5) is 10.2 Å². The Morgan fingerprint density at radius 2 is 2.04 bits per heavy atom. The van der Waals surface area contributed by atoms with Gasteiger partial charge in [-0.25, -0.2) is 9.37 Å². The van der Waals surface area contributed by atoms with Crippen molar-refractivity contribution in [1.29, 1.82) is 0 Å². The van der Waals surface area contributed by atoms with Crippen LogP contribution in [-0.4, -0.2) is 21.3 Å². The third-order valence-electron chi connectivity index (χ3n) is 4.71. The molecule has 0 radical (unpaired) electrons. The van der Waals surface area contributed by atoms with Gasteiger partial charge in [-0.05, 0) is 47.9 Å². The summed E-state index contributed by atoms with van der Waals surface area (Å²) < 4.78 is 20.3. The minimum absolute atomic E-state index is 0.145. The number of anilines is 1. The fourth-order valence-corrected chi connectivity index (χ4v) is 3.24. The van der Waals surface area contributed by atoms with E-state index in [0.29, 0.717) is 5.65 Å². The molecule has 5 nitrogen and oxygen atoms in total. The molecule has 124 valence electrons. The molecule has 0 saturated heterocycles. The molecule has 0 spiro atoms. The summed E-state index contributed by atoms with van der Waals surface area (Å²) in [5.41, 5.74) is 9.48. The number of carbonyl (C=O) groups is 1. The number of fused-ring (bicyclic) bond motifs is 2. The molecule has 0 unspecified atom stereocenters. The molecule has 2 atom stereocenters. The van der Waals surface area contributed by atoms with Crippen LogP contribution in [0.15, 0.2) is 53.3 Å². The number of halogens is 1. The summed E-state index contributed by atoms with van der Waals surface area (Å²) in [6.07, 6.45) is 2.67. The molecule has 1 aromatic carbocycles. The normalized spacial score (nSPS) is 19.6. The second kappa shape index (κ2) is 4.92. The molecule has 0 bridgehead atoms. The lowest BCUT2D eigenvalue weighted by Crippen LogP contribution is -2.10. The van der Waals surface area contributed by atoms with Gasteiger partial charge in [0.15, 0.2) is 11.6 Å². The Morgan fingerprint density at radius 3 is 2.84 bits per heavy atom. The van der Waals surface area contributed by atoms with Crippen LogP contribution in [-0.2, 0) is 0 Å². The first kappa shape index (κ1) is 14.2. The number of imidazole rings is 1. The molecular weight excluding hydrogens is 321 g/mol. The van der Waals surface area contributed by atoms with Crippen molar-refractivity contribution in [2.24, 2.45) is 5.92 Å². The first-order valence-electron chi connectivity index (χ1n) is 8.05. The van der Waals surface area contributed by atoms with E-state index in [1.54, 1.807) is 10.7 Å². The largest absolute Gasteiger partial charge is 0.464 e. The number of hydrogen-bond acceptors (Lipinski definition) is 4. The summed E-state index contributed by atoms with van der Waals surface area (Å²) in [7, 11) is 0. The van der Waals surface area contributed by atoms with Gasteiger partial charge in [0.05, 0.1) is 12.2 Å². The van der Waals surface area contributed by atoms with Crippen molar-refractivity contribution in [2.45, 2.75) is 12.6 Å². The molecule has 3 heterocycles. The summed E-state index contributed by atoms with van der Waals surface area (Å²) in [6, 6.07) is 11.5. The van der Waals surface area contributed by atoms with Crippen LogP contribution < -0.4 is 5.73 Å². The van der Waals surface area contributed by atoms with Gasteiger partial charge in [0, 0.05) is 11.6 Å². The van der Waals surface area contributed by atoms with Crippen LogP contribution in [0.5, 0.6) is 0 Å². The first-order valence-corrected chi connectivity index (χ1v) is 8.05. The smallest absolute Gasteiger partial charge is 0.189 e. The maximum atomic E-state index is 13.3. The van der Waals surface area contributed by atoms with E-state index in [4.69, 9.17) is 10.2 Å². The van der Waals surface area contributed by atoms with Gasteiger partial charge >= 0.3 is 0 Å². The van der Waals surface area contributed by atoms with Crippen molar-refractivity contribution in [3.05, 3.63) is 54.6 Å². The highest BCUT2D eigenvalue weighted by atomic mass is 19.1. The van der Waals surface area contributed by atoms with Gasteiger partial charge in [-0.1, -0.05) is 6.07 Å². The number of carbonyl (C=O) groups excluding carboxylic acids is 1. The molecule has 1 saturated carbocycles. The molecule has 1 fully saturated rings. The summed E-state index contributed by atoms with van der Waals surface area (Å²) in [5, 5.41) is 0.997. The predicted octanol–water partition coefficient (Wildman–Crippen LogP) is 3.87. The number of aromatic nitrogens is 2. The van der Waals surface area contributed by atoms with E-state index in [-0.39, 0.29) is 23.7 Å². The lowest BCUT2D eigenvalue weighted by Gasteiger charge is -2.05. The number of benzene rings is 1. The van der Waals surface area contributed by atoms with Crippen molar-refractivity contribution < 1.29 is 13.6 Å². The number of Topliss-reactive ketones (excluding diaryl/α,β-unsaturated/α-hetero) is 1. The minimum Gasteiger partial charge on any atom is -0.464 e. The minimum atomic E-state index is -1.07. The number of nitrogen functional groups attached to an aromatic ring is 1. The summed E-state index contributed by atoms with van der Waals surface area (Å²) in [5.74, 6) is -0.723. The number of furan rings is 1. The lowest BCUT2D eigenvalue weighted by atomic mass is 10.1. The predicted molar refractivity (Wildman–Crippen MR) is 92.1 cm³/mol. The molecule has 0 amide bonds. The van der Waals surface area contributed by atoms with Crippen molar-refractivity contribution in [1.82, 2.24) is 9.38 Å². The summed E-state index contributed by atoms with van der Waals surface area (Å²) in [4.78, 5) is 16.7. The Morgan fingerprint density at radius 1 is 1.24 bits per heavy atom. The SMILES string of the molecule is Nc1nc2ccc(-c3ccc4occc4c3)cn2c1C(=O)[C@@H]1C[C@@H]1F. The molecule has 4 aromatic rings. The highest BCUT2D eigenvalue weighted by Crippen LogP contribution is 2.38. The van der Waals surface area contributed by atoms with Crippen molar-refractivity contribution >= 4 is 28.2 Å². The van der Waals surface area contributed by atoms with Gasteiger partial charge in [0.25, 0.3) is 0 Å². The fraction of sp³-hybridized carbons (Fsp3) is 0.158. The van der Waals surface area contributed by atoms with Gasteiger partial charge in [-0.2, -0.15) is 0 Å². The Hall–Kier alpha value is -3.15. The van der Waals surface area contributed by atoms with E-state index < -0.39 is 12.1 Å². The van der Waals surface area contributed by atoms with E-state index in [1.807, 2.05) is 42.6 Å². The van der Waals surface area contributed by atoms with Gasteiger partial charge in [-0.3, -0.25) is 9.20 Å². The number of pyridine rings is 1. The van der Waals surface area contributed by atoms with Crippen molar-refractivity contribution in [3.63, 3.8) is 0 Å². The highest BCUT2D eigenvalue weighted by molar-refractivity contribution is 6.03. The number of alkyl halides is 1. The van der Waals surface area contributed by atoms with Crippen LogP contribution in [0.3, 0.4) is 0 Å². The fourth-order valence-electron chi connectivity index (χ4n) is 3.24. The van der Waals surface area contributed by atoms with E-state index in [2.05, 4.69) is 4.98 Å². The Balaban J connectivity index is 1.66. The molecular formula is C19H14FN3O2. The second-order valence-electron chi connectivity index (χ2n) is 6.39. The van der Waals surface area contributed by atoms with E-state index in [0.717, 1.165) is 22.1 Å². The number of nitrogens with zero attached hydrogens (tertiary/aromatic N) is 2. The molecule has 25 heavy (non-hydrogen) atoms. The maximum Gasteiger partial charge on any atom is 0.189 e. The van der Waals surface area contributed by atoms with Gasteiger partial charge in [0.2, 0.25) is 0 Å². The highest BCUT2D eigenvalue weighted by Gasteiger charge is 2.45. The number of rotatable bonds is 3. The Labute approximate surface area is 141 Å². The Kier molecular flexibility index (Phi) is 2.80. The zero-order valence-corrected chi connectivity index (χ0v) is 13.1. The zero-order chi connectivity index (χ0) is 17.1. The van der Waals surface area contributed by atoms with Crippen LogP contribution in [0.1, 0.15) is 16.9 Å². The van der Waals surface area contributed by atoms with Crippen LogP contribution in [0, 0.1) is 5.92 Å². The quantitative estimate of drug-likeness (QED) is 0.577. The summed E-state index contributed by atoms with van der Waals surface area (Å²) >= 11 is 0. The zero-order valence-electron chi connectivity index (χ0n) is 13.1. The van der Waals surface area contributed by atoms with Crippen LogP contribution >= 0.6 is 0 Å². The van der Waals surface area contributed by atoms with Gasteiger partial charge in [0.1, 0.15) is 23.1 Å². The number of ketones is 1. The third-order valence-corrected chi connectivity index (χ3v) is 4.71. The standard InChI is InChI=1S/C19H14FN3O2/c20-14-8-13(14)18(24)17-19(21)22-16-4-2-12(9-23(16)17)10-1-3-15-11(7-10)5-6-25-15/h1-7,9,13-14H,8,21H2/t13-,14+/m1/s1. The van der Waals surface area contributed by atoms with E-state index in [1.165, 1.54) is 0 Å². The van der Waals surface area contributed by atoms with Crippen molar-refractivity contribution in [3.8, 4) is 11.1 Å². The number of hydrogen-bond donors (Lipinski definition) is 1. The lowest BCUT2D eigenvalue weighted by molar-refractivity contribution is 0.0952. The average Bonchev–Trinajstić information content (AvgIpc) is 3.04. The van der Waals surface area contributed by atoms with Crippen molar-refractivity contribution in [2.75, 3.05) is 5.73 Å². The molecule has 0 aliphatic heterocycles. The Bertz CT molecular complexity index is 1140. The summed E-state index contributed by atoms with van der Waals surface area (Å²) in [6.45, 7) is 0. The molecule has 1 aliphatic carbocycles. The molecule has 1 aliphatic rings. The van der Waals surface area contributed by atoms with E-state index in [9.17, 15) is 9.18 Å². The van der Waals surface area contributed by atoms with Gasteiger partial charge < -0.3 is 10.2 Å². The molecule has 6 heteroatoms. The van der Waals surface area contributed by atoms with Crippen LogP contribution in [0.25, 0.3) is 27.7 Å². The average molecular weight is 335 g/mol. The molecule has 3 aromatic heterocycles. The topological polar surface area (TPSA) is 73.5 Å². The van der Waals surface area contributed by atoms with Gasteiger partial charge in [-0.15, -0.1) is 0 Å². The molecule has 2 N–H and O–H groups in total. The maximum absolute atomic E-state index is 13.3. The third kappa shape index (κ3) is 2.14. The van der Waals surface area contributed by atoms with E-state index >= 15 is 0 Å².